The summed E-state index contributed by atoms with van der Waals surface area (Å²) in [5, 5.41) is 0. The second kappa shape index (κ2) is 12.1. The molecule has 3 aromatic carbocycles. The summed E-state index contributed by atoms with van der Waals surface area (Å²) in [6.45, 7) is 2.02. The summed E-state index contributed by atoms with van der Waals surface area (Å²) in [6, 6.07) is 21.2. The van der Waals surface area contributed by atoms with E-state index in [1.807, 2.05) is 43.3 Å². The molecule has 0 bridgehead atoms. The number of esters is 3. The second-order valence-corrected chi connectivity index (χ2v) is 8.32. The molecule has 0 atom stereocenters. The van der Waals surface area contributed by atoms with Gasteiger partial charge < -0.3 is 14.2 Å². The maximum Gasteiger partial charge on any atom is 0.326 e. The standard InChI is InChI=1S/C26H21Cl3O6/c1-26(17-2-8-20(9-3-17)33-23(30)14-27,18-4-10-21(11-5-18)34-24(31)15-28)19-6-12-22(13-7-19)35-25(32)16-29/h2-13H,14-16H2,1H3. The minimum Gasteiger partial charge on any atom is -0.426 e. The van der Waals surface area contributed by atoms with E-state index < -0.39 is 23.3 Å². The number of hydrogen-bond acceptors (Lipinski definition) is 6. The number of benzene rings is 3. The molecule has 3 rings (SSSR count). The third kappa shape index (κ3) is 6.54. The van der Waals surface area contributed by atoms with Crippen LogP contribution in [0.3, 0.4) is 0 Å². The molecule has 6 nitrogen and oxygen atoms in total. The lowest BCUT2D eigenvalue weighted by Gasteiger charge is -2.32. The number of rotatable bonds is 9. The zero-order chi connectivity index (χ0) is 25.4. The van der Waals surface area contributed by atoms with Crippen molar-refractivity contribution in [3.8, 4) is 17.2 Å². The van der Waals surface area contributed by atoms with Gasteiger partial charge in [0.1, 0.15) is 34.9 Å². The van der Waals surface area contributed by atoms with E-state index in [1.54, 1.807) is 36.4 Å². The summed E-state index contributed by atoms with van der Waals surface area (Å²) >= 11 is 16.6. The first-order valence-corrected chi connectivity index (χ1v) is 12.0. The van der Waals surface area contributed by atoms with Crippen LogP contribution in [-0.2, 0) is 19.8 Å². The van der Waals surface area contributed by atoms with Gasteiger partial charge in [-0.2, -0.15) is 0 Å². The lowest BCUT2D eigenvalue weighted by molar-refractivity contribution is -0.132. The molecule has 35 heavy (non-hydrogen) atoms. The van der Waals surface area contributed by atoms with Gasteiger partial charge in [-0.15, -0.1) is 34.8 Å². The Kier molecular flexibility index (Phi) is 9.15. The molecule has 0 radical (unpaired) electrons. The Balaban J connectivity index is 2.02. The number of hydrogen-bond donors (Lipinski definition) is 0. The highest BCUT2D eigenvalue weighted by Gasteiger charge is 2.31. The Labute approximate surface area is 217 Å². The summed E-state index contributed by atoms with van der Waals surface area (Å²) in [6.07, 6.45) is 0. The first-order valence-electron chi connectivity index (χ1n) is 10.4. The van der Waals surface area contributed by atoms with Gasteiger partial charge in [0.05, 0.1) is 0 Å². The van der Waals surface area contributed by atoms with Gasteiger partial charge in [-0.05, 0) is 60.0 Å². The lowest BCUT2D eigenvalue weighted by atomic mass is 9.71. The average Bonchev–Trinajstić information content (AvgIpc) is 2.89. The molecule has 0 fully saturated rings. The van der Waals surface area contributed by atoms with Crippen LogP contribution in [-0.4, -0.2) is 35.5 Å². The predicted octanol–water partition coefficient (Wildman–Crippen LogP) is 5.47. The summed E-state index contributed by atoms with van der Waals surface area (Å²) < 4.78 is 15.5. The number of alkyl halides is 3. The Morgan fingerprint density at radius 2 is 0.771 bits per heavy atom. The van der Waals surface area contributed by atoms with Crippen molar-refractivity contribution in [1.82, 2.24) is 0 Å². The van der Waals surface area contributed by atoms with Crippen LogP contribution in [0.2, 0.25) is 0 Å². The molecule has 0 amide bonds. The van der Waals surface area contributed by atoms with Gasteiger partial charge in [-0.1, -0.05) is 36.4 Å². The Morgan fingerprint density at radius 1 is 0.543 bits per heavy atom. The van der Waals surface area contributed by atoms with Crippen LogP contribution in [0.15, 0.2) is 72.8 Å². The summed E-state index contributed by atoms with van der Waals surface area (Å²) in [5.41, 5.74) is 1.98. The lowest BCUT2D eigenvalue weighted by Crippen LogP contribution is -2.25. The minimum absolute atomic E-state index is 0.249. The molecule has 0 heterocycles. The maximum atomic E-state index is 11.5. The van der Waals surface area contributed by atoms with E-state index in [2.05, 4.69) is 0 Å². The molecule has 0 saturated carbocycles. The maximum absolute atomic E-state index is 11.5. The molecule has 0 saturated heterocycles. The first kappa shape index (κ1) is 26.5. The Bertz CT molecular complexity index is 1030. The number of carbonyl (C=O) groups is 3. The molecule has 0 aliphatic rings. The highest BCUT2D eigenvalue weighted by atomic mass is 35.5. The number of carbonyl (C=O) groups excluding carboxylic acids is 3. The first-order chi connectivity index (χ1) is 16.8. The highest BCUT2D eigenvalue weighted by molar-refractivity contribution is 6.27. The van der Waals surface area contributed by atoms with Crippen molar-refractivity contribution >= 4 is 52.7 Å². The molecule has 9 heteroatoms. The van der Waals surface area contributed by atoms with E-state index >= 15 is 0 Å². The third-order valence-corrected chi connectivity index (χ3v) is 5.97. The smallest absolute Gasteiger partial charge is 0.326 e. The van der Waals surface area contributed by atoms with Crippen molar-refractivity contribution in [2.75, 3.05) is 17.6 Å². The second-order valence-electron chi connectivity index (χ2n) is 7.52. The SMILES string of the molecule is CC(c1ccc(OC(=O)CCl)cc1)(c1ccc(OC(=O)CCl)cc1)c1ccc(OC(=O)CCl)cc1. The van der Waals surface area contributed by atoms with Crippen LogP contribution in [0.5, 0.6) is 17.2 Å². The van der Waals surface area contributed by atoms with E-state index in [9.17, 15) is 14.4 Å². The Morgan fingerprint density at radius 3 is 0.971 bits per heavy atom. The summed E-state index contributed by atoms with van der Waals surface area (Å²) in [4.78, 5) is 34.6. The van der Waals surface area contributed by atoms with Gasteiger partial charge in [-0.25, -0.2) is 0 Å². The van der Waals surface area contributed by atoms with Crippen molar-refractivity contribution in [3.63, 3.8) is 0 Å². The largest absolute Gasteiger partial charge is 0.426 e. The molecule has 182 valence electrons. The normalized spacial score (nSPS) is 11.0. The fraction of sp³-hybridized carbons (Fsp3) is 0.192. The fourth-order valence-corrected chi connectivity index (χ4v) is 3.71. The van der Waals surface area contributed by atoms with Gasteiger partial charge in [-0.3, -0.25) is 14.4 Å². The Hall–Kier alpha value is -3.06. The topological polar surface area (TPSA) is 78.9 Å². The van der Waals surface area contributed by atoms with Crippen molar-refractivity contribution in [1.29, 1.82) is 0 Å². The number of halogens is 3. The van der Waals surface area contributed by atoms with Crippen LogP contribution < -0.4 is 14.2 Å². The van der Waals surface area contributed by atoms with Crippen molar-refractivity contribution in [3.05, 3.63) is 89.5 Å². The van der Waals surface area contributed by atoms with Crippen molar-refractivity contribution < 1.29 is 28.6 Å². The van der Waals surface area contributed by atoms with Gasteiger partial charge in [0.25, 0.3) is 0 Å². The predicted molar refractivity (Wildman–Crippen MR) is 134 cm³/mol. The van der Waals surface area contributed by atoms with E-state index in [-0.39, 0.29) is 17.6 Å². The zero-order valence-electron chi connectivity index (χ0n) is 18.6. The molecule has 0 spiro atoms. The molecular formula is C26H21Cl3O6. The fourth-order valence-electron chi connectivity index (χ4n) is 3.55. The van der Waals surface area contributed by atoms with Crippen molar-refractivity contribution in [2.24, 2.45) is 0 Å². The van der Waals surface area contributed by atoms with E-state index in [0.29, 0.717) is 17.2 Å². The van der Waals surface area contributed by atoms with Crippen LogP contribution >= 0.6 is 34.8 Å². The highest BCUT2D eigenvalue weighted by Crippen LogP contribution is 2.40. The van der Waals surface area contributed by atoms with Crippen LogP contribution in [0.25, 0.3) is 0 Å². The van der Waals surface area contributed by atoms with Gasteiger partial charge in [0.15, 0.2) is 0 Å². The van der Waals surface area contributed by atoms with Gasteiger partial charge in [0, 0.05) is 5.41 Å². The number of ether oxygens (including phenoxy) is 3. The van der Waals surface area contributed by atoms with E-state index in [4.69, 9.17) is 49.0 Å². The molecule has 0 aliphatic carbocycles. The summed E-state index contributed by atoms with van der Waals surface area (Å²) in [5.74, 6) is -1.29. The molecule has 0 aliphatic heterocycles. The van der Waals surface area contributed by atoms with Crippen molar-refractivity contribution in [2.45, 2.75) is 12.3 Å². The molecule has 0 unspecified atom stereocenters. The molecule has 3 aromatic rings. The van der Waals surface area contributed by atoms with Crippen LogP contribution in [0.1, 0.15) is 23.6 Å². The summed E-state index contributed by atoms with van der Waals surface area (Å²) in [7, 11) is 0. The average molecular weight is 536 g/mol. The van der Waals surface area contributed by atoms with Crippen LogP contribution in [0, 0.1) is 0 Å². The van der Waals surface area contributed by atoms with E-state index in [0.717, 1.165) is 16.7 Å². The molecule has 0 aromatic heterocycles. The van der Waals surface area contributed by atoms with E-state index in [1.165, 1.54) is 0 Å². The molecular weight excluding hydrogens is 515 g/mol. The molecule has 0 N–H and O–H groups in total. The van der Waals surface area contributed by atoms with Crippen LogP contribution in [0.4, 0.5) is 0 Å². The quantitative estimate of drug-likeness (QED) is 0.156. The van der Waals surface area contributed by atoms with Gasteiger partial charge in [0.2, 0.25) is 0 Å². The third-order valence-electron chi connectivity index (χ3n) is 5.32. The minimum atomic E-state index is -0.681. The van der Waals surface area contributed by atoms with Gasteiger partial charge >= 0.3 is 17.9 Å². The zero-order valence-corrected chi connectivity index (χ0v) is 20.9. The monoisotopic (exact) mass is 534 g/mol.